The topological polar surface area (TPSA) is 125 Å². The molecule has 1 aromatic rings. The average molecular weight is 541 g/mol. The number of nitro benzene ring substituents is 1. The lowest BCUT2D eigenvalue weighted by molar-refractivity contribution is -0.385. The third-order valence-corrected chi connectivity index (χ3v) is 11.4. The second-order valence-electron chi connectivity index (χ2n) is 9.36. The minimum atomic E-state index is -5.98. The van der Waals surface area contributed by atoms with Crippen LogP contribution in [0.25, 0.3) is 0 Å². The van der Waals surface area contributed by atoms with Gasteiger partial charge >= 0.3 is 15.6 Å². The van der Waals surface area contributed by atoms with Gasteiger partial charge in [0.2, 0.25) is 0 Å². The zero-order chi connectivity index (χ0) is 27.0. The van der Waals surface area contributed by atoms with Crippen molar-refractivity contribution in [1.29, 1.82) is 0 Å². The van der Waals surface area contributed by atoms with E-state index in [1.54, 1.807) is 0 Å². The molecule has 1 aliphatic rings. The number of nitrogens with zero attached hydrogens (tertiary/aromatic N) is 2. The van der Waals surface area contributed by atoms with Gasteiger partial charge in [0.1, 0.15) is 17.1 Å². The Kier molecular flexibility index (Phi) is 7.98. The van der Waals surface area contributed by atoms with Crippen LogP contribution in [0.3, 0.4) is 0 Å². The van der Waals surface area contributed by atoms with Crippen molar-refractivity contribution in [3.05, 3.63) is 45.8 Å². The van der Waals surface area contributed by atoms with Gasteiger partial charge in [0.05, 0.1) is 24.7 Å². The van der Waals surface area contributed by atoms with Crippen LogP contribution in [0.5, 0.6) is 5.75 Å². The number of alkyl halides is 3. The number of benzene rings is 1. The lowest BCUT2D eigenvalue weighted by atomic mass is 10.1. The minimum absolute atomic E-state index is 0.132. The Morgan fingerprint density at radius 1 is 1.26 bits per heavy atom. The molecule has 2 rings (SSSR count). The summed E-state index contributed by atoms with van der Waals surface area (Å²) in [5, 5.41) is 11.2. The molecule has 15 heteroatoms. The number of halogens is 3. The molecule has 0 saturated carbocycles. The highest BCUT2D eigenvalue weighted by atomic mass is 32.2. The molecule has 0 spiro atoms. The Balaban J connectivity index is 2.48. The number of methoxy groups -OCH3 is 1. The van der Waals surface area contributed by atoms with Gasteiger partial charge in [-0.25, -0.2) is 0 Å². The highest BCUT2D eigenvalue weighted by molar-refractivity contribution is 7.87. The molecule has 1 amide bonds. The fourth-order valence-corrected chi connectivity index (χ4v) is 4.41. The van der Waals surface area contributed by atoms with E-state index < -0.39 is 64.2 Å². The summed E-state index contributed by atoms with van der Waals surface area (Å²) in [7, 11) is -7.08. The SMILES string of the molecule is COc1ccc([N+](=O)[O-])c(C(=O)N2C=C(OS(=O)(=O)C(F)(F)F)C[C@H]2CO[Si](C)(C)C(C)(C)C)c1. The molecule has 0 bridgehead atoms. The van der Waals surface area contributed by atoms with E-state index in [4.69, 9.17) is 9.16 Å². The van der Waals surface area contributed by atoms with Crippen LogP contribution in [0.1, 0.15) is 37.6 Å². The van der Waals surface area contributed by atoms with Gasteiger partial charge in [-0.15, -0.1) is 0 Å². The smallest absolute Gasteiger partial charge is 0.497 e. The van der Waals surface area contributed by atoms with Crippen LogP contribution in [-0.4, -0.2) is 57.7 Å². The van der Waals surface area contributed by atoms with Crippen molar-refractivity contribution in [2.45, 2.75) is 56.9 Å². The van der Waals surface area contributed by atoms with E-state index in [0.29, 0.717) is 0 Å². The Bertz CT molecular complexity index is 1130. The summed E-state index contributed by atoms with van der Waals surface area (Å²) < 4.78 is 76.9. The van der Waals surface area contributed by atoms with E-state index in [-0.39, 0.29) is 17.4 Å². The van der Waals surface area contributed by atoms with E-state index in [1.165, 1.54) is 13.2 Å². The van der Waals surface area contributed by atoms with Gasteiger partial charge in [-0.05, 0) is 30.3 Å². The number of carbonyl (C=O) groups excluding carboxylic acids is 1. The lowest BCUT2D eigenvalue weighted by Gasteiger charge is -2.37. The highest BCUT2D eigenvalue weighted by Gasteiger charge is 2.50. The van der Waals surface area contributed by atoms with E-state index >= 15 is 0 Å². The van der Waals surface area contributed by atoms with E-state index in [1.807, 2.05) is 33.9 Å². The summed E-state index contributed by atoms with van der Waals surface area (Å²) >= 11 is 0. The van der Waals surface area contributed by atoms with E-state index in [0.717, 1.165) is 23.2 Å². The number of carbonyl (C=O) groups is 1. The van der Waals surface area contributed by atoms with Crippen LogP contribution < -0.4 is 4.74 Å². The van der Waals surface area contributed by atoms with Crippen LogP contribution in [0.15, 0.2) is 30.2 Å². The first-order valence-electron chi connectivity index (χ1n) is 10.3. The predicted octanol–water partition coefficient (Wildman–Crippen LogP) is 4.55. The number of hydrogen-bond donors (Lipinski definition) is 0. The van der Waals surface area contributed by atoms with Crippen LogP contribution >= 0.6 is 0 Å². The fraction of sp³-hybridized carbons (Fsp3) is 0.550. The summed E-state index contributed by atoms with van der Waals surface area (Å²) in [4.78, 5) is 24.9. The van der Waals surface area contributed by atoms with Crippen LogP contribution in [-0.2, 0) is 18.7 Å². The van der Waals surface area contributed by atoms with E-state index in [9.17, 15) is 36.5 Å². The Morgan fingerprint density at radius 2 is 1.86 bits per heavy atom. The van der Waals surface area contributed by atoms with Gasteiger partial charge in [-0.1, -0.05) is 20.8 Å². The van der Waals surface area contributed by atoms with Crippen molar-refractivity contribution < 1.29 is 44.7 Å². The molecule has 0 aliphatic carbocycles. The van der Waals surface area contributed by atoms with Crippen molar-refractivity contribution in [3.8, 4) is 5.75 Å². The van der Waals surface area contributed by atoms with Crippen molar-refractivity contribution >= 4 is 30.0 Å². The minimum Gasteiger partial charge on any atom is -0.497 e. The first-order valence-corrected chi connectivity index (χ1v) is 14.6. The van der Waals surface area contributed by atoms with Gasteiger partial charge < -0.3 is 18.2 Å². The second kappa shape index (κ2) is 9.77. The van der Waals surface area contributed by atoms with Gasteiger partial charge in [-0.2, -0.15) is 21.6 Å². The summed E-state index contributed by atoms with van der Waals surface area (Å²) in [6.45, 7) is 9.55. The average Bonchev–Trinajstić information content (AvgIpc) is 3.11. The first-order chi connectivity index (χ1) is 15.8. The highest BCUT2D eigenvalue weighted by Crippen LogP contribution is 2.38. The number of nitro groups is 1. The zero-order valence-electron chi connectivity index (χ0n) is 20.0. The van der Waals surface area contributed by atoms with Crippen molar-refractivity contribution in [2.75, 3.05) is 13.7 Å². The molecule has 0 radical (unpaired) electrons. The van der Waals surface area contributed by atoms with Crippen molar-refractivity contribution in [1.82, 2.24) is 4.90 Å². The Labute approximate surface area is 202 Å². The molecule has 10 nitrogen and oxygen atoms in total. The third kappa shape index (κ3) is 6.32. The molecular formula is C20H27F3N2O8SSi. The number of amides is 1. The third-order valence-electron chi connectivity index (χ3n) is 5.92. The number of rotatable bonds is 8. The van der Waals surface area contributed by atoms with Crippen LogP contribution in [0, 0.1) is 10.1 Å². The van der Waals surface area contributed by atoms with Crippen LogP contribution in [0.4, 0.5) is 18.9 Å². The zero-order valence-corrected chi connectivity index (χ0v) is 21.8. The maximum absolute atomic E-state index is 13.3. The van der Waals surface area contributed by atoms with Gasteiger partial charge in [0, 0.05) is 18.7 Å². The van der Waals surface area contributed by atoms with Crippen LogP contribution in [0.2, 0.25) is 18.1 Å². The fourth-order valence-electron chi connectivity index (χ4n) is 2.88. The summed E-state index contributed by atoms with van der Waals surface area (Å²) in [6.07, 6.45) is 0.391. The molecule has 196 valence electrons. The predicted molar refractivity (Wildman–Crippen MR) is 122 cm³/mol. The molecule has 0 fully saturated rings. The summed E-state index contributed by atoms with van der Waals surface area (Å²) in [6, 6.07) is 2.47. The Hall–Kier alpha value is -2.65. The molecule has 0 N–H and O–H groups in total. The lowest BCUT2D eigenvalue weighted by Crippen LogP contribution is -2.45. The van der Waals surface area contributed by atoms with Crippen molar-refractivity contribution in [2.24, 2.45) is 0 Å². The van der Waals surface area contributed by atoms with Crippen molar-refractivity contribution in [3.63, 3.8) is 0 Å². The molecular weight excluding hydrogens is 513 g/mol. The van der Waals surface area contributed by atoms with Gasteiger partial charge in [0.25, 0.3) is 11.6 Å². The second-order valence-corrected chi connectivity index (χ2v) is 15.7. The van der Waals surface area contributed by atoms with E-state index in [2.05, 4.69) is 4.18 Å². The molecule has 35 heavy (non-hydrogen) atoms. The first kappa shape index (κ1) is 28.6. The molecule has 1 atom stereocenters. The molecule has 1 heterocycles. The maximum Gasteiger partial charge on any atom is 0.534 e. The quantitative estimate of drug-likeness (QED) is 0.155. The molecule has 0 aromatic heterocycles. The number of hydrogen-bond acceptors (Lipinski definition) is 8. The normalized spacial score (nSPS) is 17.2. The maximum atomic E-state index is 13.3. The molecule has 1 aromatic carbocycles. The van der Waals surface area contributed by atoms with Gasteiger partial charge in [-0.3, -0.25) is 14.9 Å². The monoisotopic (exact) mass is 540 g/mol. The summed E-state index contributed by atoms with van der Waals surface area (Å²) in [5.74, 6) is -1.47. The molecule has 0 unspecified atom stereocenters. The molecule has 0 saturated heterocycles. The van der Waals surface area contributed by atoms with Gasteiger partial charge in [0.15, 0.2) is 8.32 Å². The number of ether oxygens (including phenoxy) is 1. The molecule has 1 aliphatic heterocycles. The summed E-state index contributed by atoms with van der Waals surface area (Å²) in [5.41, 5.74) is -6.64. The largest absolute Gasteiger partial charge is 0.534 e. The Morgan fingerprint density at radius 3 is 2.34 bits per heavy atom. The standard InChI is InChI=1S/C20H27F3N2O8SSi/c1-19(2,3)35(5,6)32-12-13-9-15(33-34(29,30)20(21,22)23)11-24(13)18(26)16-10-14(31-4)7-8-17(16)25(27)28/h7-8,10-11,13H,9,12H2,1-6H3/t13-/m0/s1.